The smallest absolute Gasteiger partial charge is 0.420 e. The van der Waals surface area contributed by atoms with Crippen LogP contribution in [0.3, 0.4) is 0 Å². The van der Waals surface area contributed by atoms with E-state index in [0.29, 0.717) is 59.2 Å². The Morgan fingerprint density at radius 3 is 2.02 bits per heavy atom. The molecule has 0 fully saturated rings. The molecule has 15 heteroatoms. The van der Waals surface area contributed by atoms with Crippen molar-refractivity contribution in [2.75, 3.05) is 41.5 Å². The molecule has 0 N–H and O–H groups in total. The Balaban J connectivity index is 1.37. The summed E-state index contributed by atoms with van der Waals surface area (Å²) in [5.41, 5.74) is 2.49. The Kier molecular flexibility index (Phi) is 12.2. The molecule has 4 aromatic carbocycles. The zero-order valence-corrected chi connectivity index (χ0v) is 34.6. The lowest BCUT2D eigenvalue weighted by atomic mass is 9.92. The largest absolute Gasteiger partial charge is 0.497 e. The Hall–Kier alpha value is -5.80. The van der Waals surface area contributed by atoms with Gasteiger partial charge in [-0.05, 0) is 69.0 Å². The number of rotatable bonds is 13. The van der Waals surface area contributed by atoms with E-state index in [0.717, 1.165) is 21.5 Å². The maximum atomic E-state index is 16.5. The summed E-state index contributed by atoms with van der Waals surface area (Å²) in [6.07, 6.45) is 2.07. The van der Waals surface area contributed by atoms with Crippen molar-refractivity contribution in [3.05, 3.63) is 117 Å². The van der Waals surface area contributed by atoms with Gasteiger partial charge in [0, 0.05) is 55.5 Å². The predicted molar refractivity (Wildman–Crippen MR) is 217 cm³/mol. The van der Waals surface area contributed by atoms with E-state index in [1.807, 2.05) is 51.1 Å². The Morgan fingerprint density at radius 2 is 1.48 bits per heavy atom. The number of oxazole rings is 1. The number of ether oxygens (including phenoxy) is 5. The highest BCUT2D eigenvalue weighted by Crippen LogP contribution is 2.36. The number of amides is 1. The minimum atomic E-state index is -4.51. The quantitative estimate of drug-likeness (QED) is 0.116. The molecule has 5 aromatic rings. The average molecular weight is 818 g/mol. The Labute approximate surface area is 337 Å². The van der Waals surface area contributed by atoms with Crippen molar-refractivity contribution >= 4 is 32.8 Å². The predicted octanol–water partition coefficient (Wildman–Crippen LogP) is 7.79. The number of carbonyl (C=O) groups excluding carboxylic acids is 1. The lowest BCUT2D eigenvalue weighted by Gasteiger charge is -2.30. The molecule has 0 saturated heterocycles. The fraction of sp³-hybridized carbons (Fsp3) is 0.349. The topological polar surface area (TPSA) is 139 Å². The monoisotopic (exact) mass is 817 g/mol. The lowest BCUT2D eigenvalue weighted by Crippen LogP contribution is -2.39. The molecular formula is C43H48FN3O10S. The van der Waals surface area contributed by atoms with Crippen molar-refractivity contribution in [3.8, 4) is 23.0 Å². The van der Waals surface area contributed by atoms with Crippen LogP contribution in [0.25, 0.3) is 16.7 Å². The molecular weight excluding hydrogens is 770 g/mol. The average Bonchev–Trinajstić information content (AvgIpc) is 3.55. The Bertz CT molecular complexity index is 2460. The number of methoxy groups -OCH3 is 4. The SMILES string of the molecule is COc1ccc(CN(Cc2ccc(OC)cc2OC)S(=O)(=O)c2cc(F)c3c(c2)oc(=O)n3C(C)c2ccccc2C2=CCN(C(=O)OC(C)(C)C)CC2)c(OC)c1. The number of nitrogens with zero attached hydrogens (tertiary/aromatic N) is 3. The van der Waals surface area contributed by atoms with Crippen LogP contribution >= 0.6 is 0 Å². The zero-order chi connectivity index (χ0) is 41.9. The van der Waals surface area contributed by atoms with Gasteiger partial charge in [-0.2, -0.15) is 4.31 Å². The molecule has 13 nitrogen and oxygen atoms in total. The minimum absolute atomic E-state index is 0.180. The van der Waals surface area contributed by atoms with Crippen LogP contribution in [0, 0.1) is 5.82 Å². The van der Waals surface area contributed by atoms with E-state index in [9.17, 15) is 18.0 Å². The van der Waals surface area contributed by atoms with Crippen LogP contribution in [0.4, 0.5) is 9.18 Å². The van der Waals surface area contributed by atoms with Gasteiger partial charge in [-0.3, -0.25) is 4.57 Å². The molecule has 1 amide bonds. The number of halogens is 1. The lowest BCUT2D eigenvalue weighted by molar-refractivity contribution is 0.0270. The fourth-order valence-corrected chi connectivity index (χ4v) is 8.44. The second-order valence-electron chi connectivity index (χ2n) is 14.8. The number of aromatic nitrogens is 1. The second-order valence-corrected chi connectivity index (χ2v) is 16.7. The molecule has 1 unspecified atom stereocenters. The first-order valence-corrected chi connectivity index (χ1v) is 20.0. The first kappa shape index (κ1) is 41.8. The van der Waals surface area contributed by atoms with Crippen molar-refractivity contribution in [2.24, 2.45) is 0 Å². The molecule has 1 aliphatic heterocycles. The first-order valence-electron chi connectivity index (χ1n) is 18.6. The molecule has 0 radical (unpaired) electrons. The van der Waals surface area contributed by atoms with Crippen LogP contribution in [0.5, 0.6) is 23.0 Å². The Morgan fingerprint density at radius 1 is 0.879 bits per heavy atom. The van der Waals surface area contributed by atoms with E-state index >= 15 is 4.39 Å². The van der Waals surface area contributed by atoms with Crippen LogP contribution in [-0.2, 0) is 27.8 Å². The molecule has 6 rings (SSSR count). The summed E-state index contributed by atoms with van der Waals surface area (Å²) in [5.74, 6) is -0.0383. The van der Waals surface area contributed by atoms with Crippen LogP contribution in [0.2, 0.25) is 0 Å². The van der Waals surface area contributed by atoms with Crippen molar-refractivity contribution in [1.29, 1.82) is 0 Å². The van der Waals surface area contributed by atoms with Crippen LogP contribution in [-0.4, -0.2) is 75.4 Å². The van der Waals surface area contributed by atoms with Gasteiger partial charge in [0.1, 0.15) is 34.1 Å². The first-order chi connectivity index (χ1) is 27.6. The van der Waals surface area contributed by atoms with E-state index in [2.05, 4.69) is 0 Å². The summed E-state index contributed by atoms with van der Waals surface area (Å²) in [5, 5.41) is 0. The maximum absolute atomic E-state index is 16.5. The normalized spacial score (nSPS) is 14.0. The number of benzene rings is 4. The standard InChI is InChI=1S/C43H48FN3O10S/c1-27(34-11-9-10-12-35(34)28-17-19-45(20-18-28)41(48)57-43(2,3)4)47-40-36(44)23-33(24-39(40)56-42(47)49)58(50,51)46(25-29-13-15-31(52-5)21-37(29)54-7)26-30-14-16-32(53-6)22-38(30)55-8/h9-17,21-24,27H,18-20,25-26H2,1-8H3. The molecule has 2 heterocycles. The van der Waals surface area contributed by atoms with Crippen molar-refractivity contribution in [3.63, 3.8) is 0 Å². The van der Waals surface area contributed by atoms with Gasteiger partial charge < -0.3 is 33.0 Å². The molecule has 58 heavy (non-hydrogen) atoms. The maximum Gasteiger partial charge on any atom is 0.420 e. The van der Waals surface area contributed by atoms with E-state index in [1.165, 1.54) is 39.1 Å². The number of sulfonamides is 1. The molecule has 1 aromatic heterocycles. The van der Waals surface area contributed by atoms with Crippen molar-refractivity contribution in [2.45, 2.75) is 63.7 Å². The summed E-state index contributed by atoms with van der Waals surface area (Å²) in [4.78, 5) is 27.5. The summed E-state index contributed by atoms with van der Waals surface area (Å²) in [6.45, 7) is 7.59. The van der Waals surface area contributed by atoms with Gasteiger partial charge in [-0.15, -0.1) is 0 Å². The zero-order valence-electron chi connectivity index (χ0n) is 33.8. The summed E-state index contributed by atoms with van der Waals surface area (Å²) in [6, 6.07) is 18.8. The molecule has 308 valence electrons. The van der Waals surface area contributed by atoms with E-state index in [1.54, 1.807) is 48.2 Å². The molecule has 1 atom stereocenters. The highest BCUT2D eigenvalue weighted by molar-refractivity contribution is 7.89. The van der Waals surface area contributed by atoms with Crippen LogP contribution < -0.4 is 24.7 Å². The third kappa shape index (κ3) is 8.70. The molecule has 0 saturated carbocycles. The number of hydrogen-bond donors (Lipinski definition) is 0. The minimum Gasteiger partial charge on any atom is -0.497 e. The molecule has 1 aliphatic rings. The molecule has 0 aliphatic carbocycles. The number of carbonyl (C=O) groups is 1. The number of fused-ring (bicyclic) bond motifs is 1. The fourth-order valence-electron chi connectivity index (χ4n) is 7.02. The summed E-state index contributed by atoms with van der Waals surface area (Å²) in [7, 11) is 1.44. The van der Waals surface area contributed by atoms with Gasteiger partial charge in [0.25, 0.3) is 0 Å². The second kappa shape index (κ2) is 17.0. The summed E-state index contributed by atoms with van der Waals surface area (Å²) < 4.78 is 81.1. The highest BCUT2D eigenvalue weighted by Gasteiger charge is 2.32. The van der Waals surface area contributed by atoms with Crippen LogP contribution in [0.15, 0.2) is 93.0 Å². The third-order valence-electron chi connectivity index (χ3n) is 9.96. The van der Waals surface area contributed by atoms with Crippen LogP contribution in [0.1, 0.15) is 62.4 Å². The molecule has 0 bridgehead atoms. The van der Waals surface area contributed by atoms with Gasteiger partial charge in [-0.25, -0.2) is 22.4 Å². The van der Waals surface area contributed by atoms with Gasteiger partial charge in [-0.1, -0.05) is 42.5 Å². The van der Waals surface area contributed by atoms with Crippen molar-refractivity contribution < 1.29 is 45.7 Å². The van der Waals surface area contributed by atoms with Crippen molar-refractivity contribution in [1.82, 2.24) is 13.8 Å². The highest BCUT2D eigenvalue weighted by atomic mass is 32.2. The van der Waals surface area contributed by atoms with E-state index in [4.69, 9.17) is 28.1 Å². The van der Waals surface area contributed by atoms with E-state index < -0.39 is 44.2 Å². The van der Waals surface area contributed by atoms with E-state index in [-0.39, 0.29) is 24.2 Å². The van der Waals surface area contributed by atoms with Gasteiger partial charge in [0.05, 0.1) is 39.4 Å². The summed E-state index contributed by atoms with van der Waals surface area (Å²) >= 11 is 0. The van der Waals surface area contributed by atoms with Gasteiger partial charge in [0.15, 0.2) is 11.4 Å². The third-order valence-corrected chi connectivity index (χ3v) is 11.7. The van der Waals surface area contributed by atoms with Gasteiger partial charge >= 0.3 is 11.8 Å². The molecule has 0 spiro atoms. The van der Waals surface area contributed by atoms with Gasteiger partial charge in [0.2, 0.25) is 10.0 Å². The number of hydrogen-bond acceptors (Lipinski definition) is 10.